The average Bonchev–Trinajstić information content (AvgIpc) is 2.80. The van der Waals surface area contributed by atoms with Crippen LogP contribution in [0.4, 0.5) is 0 Å². The molecule has 2 rings (SSSR count). The standard InChI is InChI=1S/C17H29N3O2/c1-2-3-6-12-20-13-9-18-15(17(20)22)14-16(21)19-10-7-4-5-8-11-19/h2,15,18H,1,3-14H2. The Morgan fingerprint density at radius 1 is 1.23 bits per heavy atom. The zero-order valence-corrected chi connectivity index (χ0v) is 13.6. The van der Waals surface area contributed by atoms with Gasteiger partial charge in [-0.15, -0.1) is 6.58 Å². The zero-order chi connectivity index (χ0) is 15.8. The Morgan fingerprint density at radius 2 is 1.95 bits per heavy atom. The molecule has 0 aromatic heterocycles. The summed E-state index contributed by atoms with van der Waals surface area (Å²) in [6.07, 6.45) is 8.65. The molecule has 2 fully saturated rings. The van der Waals surface area contributed by atoms with Gasteiger partial charge in [-0.25, -0.2) is 0 Å². The van der Waals surface area contributed by atoms with Crippen LogP contribution in [0.2, 0.25) is 0 Å². The lowest BCUT2D eigenvalue weighted by molar-refractivity contribution is -0.141. The summed E-state index contributed by atoms with van der Waals surface area (Å²) < 4.78 is 0. The Bertz CT molecular complexity index is 389. The summed E-state index contributed by atoms with van der Waals surface area (Å²) in [6.45, 7) is 7.69. The summed E-state index contributed by atoms with van der Waals surface area (Å²) >= 11 is 0. The maximum absolute atomic E-state index is 12.5. The van der Waals surface area contributed by atoms with Gasteiger partial charge in [-0.1, -0.05) is 18.9 Å². The average molecular weight is 307 g/mol. The molecule has 1 unspecified atom stereocenters. The molecule has 1 atom stereocenters. The fourth-order valence-electron chi connectivity index (χ4n) is 3.22. The summed E-state index contributed by atoms with van der Waals surface area (Å²) in [5, 5.41) is 3.22. The van der Waals surface area contributed by atoms with E-state index in [1.807, 2.05) is 15.9 Å². The second kappa shape index (κ2) is 8.93. The van der Waals surface area contributed by atoms with Crippen molar-refractivity contribution in [2.24, 2.45) is 0 Å². The third-order valence-electron chi connectivity index (χ3n) is 4.56. The lowest BCUT2D eigenvalue weighted by Crippen LogP contribution is -2.56. The van der Waals surface area contributed by atoms with E-state index in [1.54, 1.807) is 0 Å². The number of hydrogen-bond acceptors (Lipinski definition) is 3. The van der Waals surface area contributed by atoms with Crippen LogP contribution in [0.5, 0.6) is 0 Å². The molecule has 2 saturated heterocycles. The van der Waals surface area contributed by atoms with E-state index in [9.17, 15) is 9.59 Å². The van der Waals surface area contributed by atoms with E-state index in [2.05, 4.69) is 11.9 Å². The molecule has 1 N–H and O–H groups in total. The highest BCUT2D eigenvalue weighted by molar-refractivity contribution is 5.89. The van der Waals surface area contributed by atoms with Gasteiger partial charge in [0, 0.05) is 32.7 Å². The molecule has 5 nitrogen and oxygen atoms in total. The number of allylic oxidation sites excluding steroid dienone is 1. The van der Waals surface area contributed by atoms with E-state index < -0.39 is 0 Å². The SMILES string of the molecule is C=CCCCN1CCNC(CC(=O)N2CCCCCC2)C1=O. The van der Waals surface area contributed by atoms with Crippen molar-refractivity contribution < 1.29 is 9.59 Å². The van der Waals surface area contributed by atoms with E-state index in [-0.39, 0.29) is 17.9 Å². The Labute approximate surface area is 133 Å². The molecule has 0 aromatic rings. The van der Waals surface area contributed by atoms with Crippen molar-refractivity contribution in [1.82, 2.24) is 15.1 Å². The molecule has 2 heterocycles. The molecule has 0 radical (unpaired) electrons. The van der Waals surface area contributed by atoms with Crippen molar-refractivity contribution in [2.75, 3.05) is 32.7 Å². The zero-order valence-electron chi connectivity index (χ0n) is 13.6. The first kappa shape index (κ1) is 17.0. The van der Waals surface area contributed by atoms with Crippen molar-refractivity contribution in [1.29, 1.82) is 0 Å². The van der Waals surface area contributed by atoms with Crippen LogP contribution in [0.25, 0.3) is 0 Å². The Hall–Kier alpha value is -1.36. The fraction of sp³-hybridized carbons (Fsp3) is 0.765. The molecule has 0 bridgehead atoms. The van der Waals surface area contributed by atoms with Crippen LogP contribution in [0.3, 0.4) is 0 Å². The molecule has 0 spiro atoms. The van der Waals surface area contributed by atoms with Crippen LogP contribution in [0.1, 0.15) is 44.9 Å². The van der Waals surface area contributed by atoms with Crippen LogP contribution in [-0.2, 0) is 9.59 Å². The second-order valence-electron chi connectivity index (χ2n) is 6.26. The monoisotopic (exact) mass is 307 g/mol. The molecule has 22 heavy (non-hydrogen) atoms. The van der Waals surface area contributed by atoms with Crippen molar-refractivity contribution in [3.05, 3.63) is 12.7 Å². The Morgan fingerprint density at radius 3 is 2.64 bits per heavy atom. The van der Waals surface area contributed by atoms with E-state index in [1.165, 1.54) is 12.8 Å². The summed E-state index contributed by atoms with van der Waals surface area (Å²) in [6, 6.07) is -0.340. The molecule has 0 aromatic carbocycles. The summed E-state index contributed by atoms with van der Waals surface area (Å²) in [5.41, 5.74) is 0. The van der Waals surface area contributed by atoms with E-state index >= 15 is 0 Å². The predicted octanol–water partition coefficient (Wildman–Crippen LogP) is 1.55. The van der Waals surface area contributed by atoms with Crippen LogP contribution in [0.15, 0.2) is 12.7 Å². The van der Waals surface area contributed by atoms with Crippen molar-refractivity contribution in [3.8, 4) is 0 Å². The fourth-order valence-corrected chi connectivity index (χ4v) is 3.22. The van der Waals surface area contributed by atoms with Gasteiger partial charge in [-0.2, -0.15) is 0 Å². The molecule has 2 aliphatic rings. The first-order chi connectivity index (χ1) is 10.7. The highest BCUT2D eigenvalue weighted by atomic mass is 16.2. The smallest absolute Gasteiger partial charge is 0.240 e. The summed E-state index contributed by atoms with van der Waals surface area (Å²) in [4.78, 5) is 28.7. The minimum Gasteiger partial charge on any atom is -0.343 e. The van der Waals surface area contributed by atoms with Gasteiger partial charge in [0.25, 0.3) is 0 Å². The number of rotatable bonds is 6. The number of carbonyl (C=O) groups is 2. The highest BCUT2D eigenvalue weighted by Gasteiger charge is 2.31. The maximum Gasteiger partial charge on any atom is 0.240 e. The first-order valence-corrected chi connectivity index (χ1v) is 8.63. The predicted molar refractivity (Wildman–Crippen MR) is 87.5 cm³/mol. The van der Waals surface area contributed by atoms with Crippen LogP contribution in [0, 0.1) is 0 Å². The van der Waals surface area contributed by atoms with Gasteiger partial charge in [-0.3, -0.25) is 9.59 Å². The number of amides is 2. The molecular weight excluding hydrogens is 278 g/mol. The number of hydrogen-bond donors (Lipinski definition) is 1. The minimum atomic E-state index is -0.340. The van der Waals surface area contributed by atoms with E-state index in [0.29, 0.717) is 6.42 Å². The molecular formula is C17H29N3O2. The van der Waals surface area contributed by atoms with Crippen LogP contribution >= 0.6 is 0 Å². The van der Waals surface area contributed by atoms with Gasteiger partial charge in [0.15, 0.2) is 0 Å². The molecule has 5 heteroatoms. The molecule has 2 amide bonds. The lowest BCUT2D eigenvalue weighted by Gasteiger charge is -2.34. The lowest BCUT2D eigenvalue weighted by atomic mass is 10.1. The van der Waals surface area contributed by atoms with Gasteiger partial charge >= 0.3 is 0 Å². The highest BCUT2D eigenvalue weighted by Crippen LogP contribution is 2.13. The van der Waals surface area contributed by atoms with E-state index in [0.717, 1.165) is 58.4 Å². The van der Waals surface area contributed by atoms with Gasteiger partial charge < -0.3 is 15.1 Å². The van der Waals surface area contributed by atoms with Crippen molar-refractivity contribution in [2.45, 2.75) is 51.0 Å². The summed E-state index contributed by atoms with van der Waals surface area (Å²) in [7, 11) is 0. The Kier molecular flexibility index (Phi) is 6.90. The normalized spacial score (nSPS) is 23.3. The quantitative estimate of drug-likeness (QED) is 0.598. The number of piperazine rings is 1. The minimum absolute atomic E-state index is 0.0819. The van der Waals surface area contributed by atoms with Crippen molar-refractivity contribution >= 4 is 11.8 Å². The van der Waals surface area contributed by atoms with Gasteiger partial charge in [-0.05, 0) is 25.7 Å². The second-order valence-corrected chi connectivity index (χ2v) is 6.26. The number of nitrogens with one attached hydrogen (secondary N) is 1. The first-order valence-electron chi connectivity index (χ1n) is 8.63. The third kappa shape index (κ3) is 4.83. The topological polar surface area (TPSA) is 52.7 Å². The number of nitrogens with zero attached hydrogens (tertiary/aromatic N) is 2. The van der Waals surface area contributed by atoms with Crippen LogP contribution in [-0.4, -0.2) is 60.4 Å². The third-order valence-corrected chi connectivity index (χ3v) is 4.56. The molecule has 0 saturated carbocycles. The van der Waals surface area contributed by atoms with Gasteiger partial charge in [0.1, 0.15) is 0 Å². The van der Waals surface area contributed by atoms with Crippen LogP contribution < -0.4 is 5.32 Å². The number of likely N-dealkylation sites (tertiary alicyclic amines) is 1. The number of unbranched alkanes of at least 4 members (excludes halogenated alkanes) is 1. The van der Waals surface area contributed by atoms with Crippen molar-refractivity contribution in [3.63, 3.8) is 0 Å². The Balaban J connectivity index is 1.83. The molecule has 2 aliphatic heterocycles. The summed E-state index contributed by atoms with van der Waals surface area (Å²) in [5.74, 6) is 0.208. The van der Waals surface area contributed by atoms with Gasteiger partial charge in [0.2, 0.25) is 11.8 Å². The maximum atomic E-state index is 12.5. The number of carbonyl (C=O) groups excluding carboxylic acids is 2. The molecule has 124 valence electrons. The largest absolute Gasteiger partial charge is 0.343 e. The molecule has 0 aliphatic carbocycles. The van der Waals surface area contributed by atoms with Gasteiger partial charge in [0.05, 0.1) is 12.5 Å². The van der Waals surface area contributed by atoms with E-state index in [4.69, 9.17) is 0 Å².